The molecule has 2 aromatic heterocycles. The lowest BCUT2D eigenvalue weighted by Crippen LogP contribution is -2.13. The van der Waals surface area contributed by atoms with Crippen LogP contribution in [0.4, 0.5) is 0 Å². The van der Waals surface area contributed by atoms with Crippen molar-refractivity contribution >= 4 is 34.0 Å². The Hall–Kier alpha value is -2.99. The summed E-state index contributed by atoms with van der Waals surface area (Å²) in [6, 6.07) is 10.0. The summed E-state index contributed by atoms with van der Waals surface area (Å²) in [5.41, 5.74) is 4.50. The number of furan rings is 1. The van der Waals surface area contributed by atoms with Crippen LogP contribution in [0.25, 0.3) is 27.9 Å². The van der Waals surface area contributed by atoms with Crippen LogP contribution in [0.5, 0.6) is 5.06 Å². The predicted molar refractivity (Wildman–Crippen MR) is 109 cm³/mol. The number of methoxy groups -OCH3 is 1. The first-order chi connectivity index (χ1) is 13.5. The average Bonchev–Trinajstić information content (AvgIpc) is 3.30. The standard InChI is InChI=1S/C22H20O5S/c1-12-11-25-21(13(2)20(12)26-14(3)23)19-10-16-9-15(5-6-18(16)27-19)17-7-8-28-22(17)24-4/h5-10H,11H2,1-4H3. The predicted octanol–water partition coefficient (Wildman–Crippen LogP) is 5.77. The fraction of sp³-hybridized carbons (Fsp3) is 0.227. The van der Waals surface area contributed by atoms with Crippen molar-refractivity contribution in [2.24, 2.45) is 0 Å². The molecular weight excluding hydrogens is 376 g/mol. The molecule has 4 rings (SSSR count). The number of ether oxygens (including phenoxy) is 3. The molecule has 3 aromatic rings. The van der Waals surface area contributed by atoms with Crippen LogP contribution in [0, 0.1) is 0 Å². The molecule has 0 atom stereocenters. The molecule has 6 heteroatoms. The molecule has 0 unspecified atom stereocenters. The highest BCUT2D eigenvalue weighted by Crippen LogP contribution is 2.38. The van der Waals surface area contributed by atoms with E-state index in [4.69, 9.17) is 18.6 Å². The number of thiophene rings is 1. The third-order valence-electron chi connectivity index (χ3n) is 4.61. The molecule has 3 heterocycles. The van der Waals surface area contributed by atoms with Gasteiger partial charge in [-0.05, 0) is 49.1 Å². The molecule has 1 aliphatic rings. The third kappa shape index (κ3) is 3.20. The Balaban J connectivity index is 1.76. The van der Waals surface area contributed by atoms with Crippen molar-refractivity contribution in [1.82, 2.24) is 0 Å². The smallest absolute Gasteiger partial charge is 0.308 e. The van der Waals surface area contributed by atoms with E-state index < -0.39 is 0 Å². The molecule has 0 bridgehead atoms. The summed E-state index contributed by atoms with van der Waals surface area (Å²) in [6.45, 7) is 5.50. The van der Waals surface area contributed by atoms with E-state index in [-0.39, 0.29) is 5.97 Å². The van der Waals surface area contributed by atoms with Gasteiger partial charge in [-0.15, -0.1) is 11.3 Å². The van der Waals surface area contributed by atoms with Crippen molar-refractivity contribution in [2.75, 3.05) is 13.7 Å². The molecule has 0 amide bonds. The third-order valence-corrected chi connectivity index (χ3v) is 5.49. The highest BCUT2D eigenvalue weighted by atomic mass is 32.1. The van der Waals surface area contributed by atoms with Gasteiger partial charge in [0.05, 0.1) is 7.11 Å². The van der Waals surface area contributed by atoms with Gasteiger partial charge in [0.25, 0.3) is 0 Å². The Morgan fingerprint density at radius 1 is 1.18 bits per heavy atom. The Kier molecular flexibility index (Phi) is 4.73. The fourth-order valence-electron chi connectivity index (χ4n) is 3.33. The lowest BCUT2D eigenvalue weighted by atomic mass is 10.1. The Morgan fingerprint density at radius 3 is 2.75 bits per heavy atom. The molecule has 0 aliphatic carbocycles. The lowest BCUT2D eigenvalue weighted by Gasteiger charge is -2.21. The topological polar surface area (TPSA) is 57.9 Å². The van der Waals surface area contributed by atoms with Crippen molar-refractivity contribution in [3.63, 3.8) is 0 Å². The van der Waals surface area contributed by atoms with Crippen LogP contribution in [0.15, 0.2) is 57.0 Å². The maximum Gasteiger partial charge on any atom is 0.308 e. The summed E-state index contributed by atoms with van der Waals surface area (Å²) in [4.78, 5) is 11.4. The first-order valence-corrected chi connectivity index (χ1v) is 9.74. The second kappa shape index (κ2) is 7.20. The van der Waals surface area contributed by atoms with E-state index in [9.17, 15) is 4.79 Å². The van der Waals surface area contributed by atoms with E-state index in [1.54, 1.807) is 18.4 Å². The second-order valence-corrected chi connectivity index (χ2v) is 7.51. The van der Waals surface area contributed by atoms with Gasteiger partial charge in [0, 0.05) is 29.0 Å². The second-order valence-electron chi connectivity index (χ2n) is 6.64. The Bertz CT molecular complexity index is 1130. The molecule has 0 N–H and O–H groups in total. The molecule has 0 spiro atoms. The zero-order valence-corrected chi connectivity index (χ0v) is 16.9. The van der Waals surface area contributed by atoms with E-state index in [0.29, 0.717) is 23.9 Å². The normalized spacial score (nSPS) is 14.4. The van der Waals surface area contributed by atoms with E-state index >= 15 is 0 Å². The zero-order chi connectivity index (χ0) is 19.8. The highest BCUT2D eigenvalue weighted by Gasteiger charge is 2.24. The van der Waals surface area contributed by atoms with Gasteiger partial charge < -0.3 is 18.6 Å². The van der Waals surface area contributed by atoms with Crippen LogP contribution in [0.1, 0.15) is 26.5 Å². The van der Waals surface area contributed by atoms with Crippen molar-refractivity contribution in [1.29, 1.82) is 0 Å². The van der Waals surface area contributed by atoms with E-state index in [1.165, 1.54) is 6.92 Å². The van der Waals surface area contributed by atoms with Crippen molar-refractivity contribution < 1.29 is 23.4 Å². The fourth-order valence-corrected chi connectivity index (χ4v) is 4.07. The molecule has 28 heavy (non-hydrogen) atoms. The molecule has 144 valence electrons. The number of rotatable bonds is 4. The minimum Gasteiger partial charge on any atom is -0.487 e. The largest absolute Gasteiger partial charge is 0.487 e. The number of esters is 1. The number of hydrogen-bond donors (Lipinski definition) is 0. The lowest BCUT2D eigenvalue weighted by molar-refractivity contribution is -0.136. The minimum atomic E-state index is -0.353. The van der Waals surface area contributed by atoms with Crippen LogP contribution < -0.4 is 4.74 Å². The summed E-state index contributed by atoms with van der Waals surface area (Å²) in [6.07, 6.45) is 0. The molecule has 0 fully saturated rings. The SMILES string of the molecule is COc1sccc1-c1ccc2oc(C3=C(C)C(OC(C)=O)=C(C)CO3)cc2c1. The summed E-state index contributed by atoms with van der Waals surface area (Å²) in [5, 5.41) is 3.85. The number of carbonyl (C=O) groups excluding carboxylic acids is 1. The van der Waals surface area contributed by atoms with E-state index in [0.717, 1.165) is 38.3 Å². The van der Waals surface area contributed by atoms with Crippen molar-refractivity contribution in [3.8, 4) is 16.2 Å². The molecule has 0 saturated carbocycles. The van der Waals surface area contributed by atoms with Gasteiger partial charge in [-0.25, -0.2) is 0 Å². The van der Waals surface area contributed by atoms with Crippen LogP contribution in [0.3, 0.4) is 0 Å². The maximum atomic E-state index is 11.4. The van der Waals surface area contributed by atoms with Gasteiger partial charge in [0.15, 0.2) is 16.6 Å². The monoisotopic (exact) mass is 396 g/mol. The first kappa shape index (κ1) is 18.4. The summed E-state index contributed by atoms with van der Waals surface area (Å²) in [5.74, 6) is 1.40. The molecule has 0 saturated heterocycles. The number of hydrogen-bond acceptors (Lipinski definition) is 6. The number of allylic oxidation sites excluding steroid dienone is 1. The van der Waals surface area contributed by atoms with Crippen LogP contribution in [-0.2, 0) is 14.3 Å². The highest BCUT2D eigenvalue weighted by molar-refractivity contribution is 7.12. The summed E-state index contributed by atoms with van der Waals surface area (Å²) >= 11 is 1.56. The molecule has 1 aromatic carbocycles. The number of carbonyl (C=O) groups is 1. The zero-order valence-electron chi connectivity index (χ0n) is 16.1. The molecule has 1 aliphatic heterocycles. The average molecular weight is 396 g/mol. The summed E-state index contributed by atoms with van der Waals surface area (Å²) in [7, 11) is 1.68. The van der Waals surface area contributed by atoms with Crippen molar-refractivity contribution in [2.45, 2.75) is 20.8 Å². The van der Waals surface area contributed by atoms with Crippen LogP contribution in [0.2, 0.25) is 0 Å². The van der Waals surface area contributed by atoms with Crippen LogP contribution in [-0.4, -0.2) is 19.7 Å². The Labute approximate surface area is 166 Å². The van der Waals surface area contributed by atoms with Crippen molar-refractivity contribution in [3.05, 3.63) is 58.4 Å². The Morgan fingerprint density at radius 2 is 2.00 bits per heavy atom. The summed E-state index contributed by atoms with van der Waals surface area (Å²) < 4.78 is 22.7. The minimum absolute atomic E-state index is 0.351. The molecular formula is C22H20O5S. The van der Waals surface area contributed by atoms with Gasteiger partial charge in [-0.3, -0.25) is 4.79 Å². The first-order valence-electron chi connectivity index (χ1n) is 8.86. The van der Waals surface area contributed by atoms with Gasteiger partial charge in [-0.1, -0.05) is 6.07 Å². The number of fused-ring (bicyclic) bond motifs is 1. The van der Waals surface area contributed by atoms with Gasteiger partial charge in [-0.2, -0.15) is 0 Å². The van der Waals surface area contributed by atoms with Gasteiger partial charge >= 0.3 is 5.97 Å². The van der Waals surface area contributed by atoms with E-state index in [1.807, 2.05) is 43.5 Å². The molecule has 5 nitrogen and oxygen atoms in total. The van der Waals surface area contributed by atoms with Gasteiger partial charge in [0.1, 0.15) is 17.9 Å². The number of benzene rings is 1. The maximum absolute atomic E-state index is 11.4. The quantitative estimate of drug-likeness (QED) is 0.524. The van der Waals surface area contributed by atoms with Gasteiger partial charge in [0.2, 0.25) is 0 Å². The van der Waals surface area contributed by atoms with E-state index in [2.05, 4.69) is 6.07 Å². The van der Waals surface area contributed by atoms with Crippen LogP contribution >= 0.6 is 11.3 Å². The molecule has 0 radical (unpaired) electrons.